The van der Waals surface area contributed by atoms with E-state index >= 15 is 0 Å². The molecule has 0 heterocycles. The standard InChI is InChI=1S/C19H26ClNO5/c1-24-16-11-15(17(25-2)10-14(16)20)21-18(22)12-26-19(23)9-8-13-6-4-3-5-7-13/h10-11,13H,3-9,12H2,1-2H3,(H,21,22). The highest BCUT2D eigenvalue weighted by molar-refractivity contribution is 6.32. The minimum atomic E-state index is -0.446. The van der Waals surface area contributed by atoms with E-state index in [1.54, 1.807) is 12.1 Å². The van der Waals surface area contributed by atoms with Gasteiger partial charge in [-0.15, -0.1) is 0 Å². The molecule has 1 aromatic rings. The van der Waals surface area contributed by atoms with Gasteiger partial charge in [0.2, 0.25) is 0 Å². The van der Waals surface area contributed by atoms with Gasteiger partial charge in [0.25, 0.3) is 5.91 Å². The van der Waals surface area contributed by atoms with Crippen molar-refractivity contribution in [3.8, 4) is 11.5 Å². The predicted octanol–water partition coefficient (Wildman–Crippen LogP) is 4.20. The van der Waals surface area contributed by atoms with Gasteiger partial charge in [-0.1, -0.05) is 43.7 Å². The topological polar surface area (TPSA) is 73.9 Å². The fraction of sp³-hybridized carbons (Fsp3) is 0.579. The highest BCUT2D eigenvalue weighted by Gasteiger charge is 2.17. The Morgan fingerprint density at radius 2 is 1.81 bits per heavy atom. The molecule has 1 N–H and O–H groups in total. The first-order valence-electron chi connectivity index (χ1n) is 8.90. The van der Waals surface area contributed by atoms with E-state index in [4.69, 9.17) is 25.8 Å². The van der Waals surface area contributed by atoms with E-state index in [9.17, 15) is 9.59 Å². The second kappa shape index (κ2) is 10.3. The number of hydrogen-bond acceptors (Lipinski definition) is 5. The van der Waals surface area contributed by atoms with E-state index in [-0.39, 0.29) is 12.6 Å². The minimum absolute atomic E-state index is 0.336. The van der Waals surface area contributed by atoms with E-state index in [2.05, 4.69) is 5.32 Å². The third kappa shape index (κ3) is 6.09. The van der Waals surface area contributed by atoms with E-state index in [1.807, 2.05) is 0 Å². The number of carbonyl (C=O) groups is 2. The zero-order valence-corrected chi connectivity index (χ0v) is 16.1. The number of esters is 1. The molecule has 1 saturated carbocycles. The molecule has 1 aliphatic carbocycles. The second-order valence-corrected chi connectivity index (χ2v) is 6.85. The van der Waals surface area contributed by atoms with Gasteiger partial charge in [-0.3, -0.25) is 9.59 Å². The number of benzene rings is 1. The summed E-state index contributed by atoms with van der Waals surface area (Å²) < 4.78 is 15.4. The number of rotatable bonds is 8. The van der Waals surface area contributed by atoms with Crippen molar-refractivity contribution < 1.29 is 23.8 Å². The molecule has 0 aromatic heterocycles. The lowest BCUT2D eigenvalue weighted by atomic mass is 9.86. The van der Waals surface area contributed by atoms with Crippen molar-refractivity contribution in [1.82, 2.24) is 0 Å². The lowest BCUT2D eigenvalue weighted by molar-refractivity contribution is -0.147. The molecule has 0 atom stereocenters. The first kappa shape index (κ1) is 20.4. The van der Waals surface area contributed by atoms with Gasteiger partial charge < -0.3 is 19.5 Å². The zero-order valence-electron chi connectivity index (χ0n) is 15.3. The van der Waals surface area contributed by atoms with Crippen molar-refractivity contribution in [3.63, 3.8) is 0 Å². The van der Waals surface area contributed by atoms with Crippen LogP contribution in [0, 0.1) is 5.92 Å². The first-order chi connectivity index (χ1) is 12.5. The lowest BCUT2D eigenvalue weighted by Gasteiger charge is -2.20. The number of hydrogen-bond donors (Lipinski definition) is 1. The maximum atomic E-state index is 12.1. The van der Waals surface area contributed by atoms with Crippen molar-refractivity contribution in [2.45, 2.75) is 44.9 Å². The van der Waals surface area contributed by atoms with Crippen LogP contribution in [0.4, 0.5) is 5.69 Å². The molecule has 0 unspecified atom stereocenters. The summed E-state index contributed by atoms with van der Waals surface area (Å²) in [5.41, 5.74) is 0.400. The summed E-state index contributed by atoms with van der Waals surface area (Å²) in [6, 6.07) is 3.11. The van der Waals surface area contributed by atoms with Crippen LogP contribution in [0.5, 0.6) is 11.5 Å². The Kier molecular flexibility index (Phi) is 8.04. The maximum Gasteiger partial charge on any atom is 0.306 e. The minimum Gasteiger partial charge on any atom is -0.495 e. The van der Waals surface area contributed by atoms with Crippen LogP contribution in [0.25, 0.3) is 0 Å². The Bertz CT molecular complexity index is 629. The highest BCUT2D eigenvalue weighted by atomic mass is 35.5. The van der Waals surface area contributed by atoms with Crippen LogP contribution in [0.1, 0.15) is 44.9 Å². The molecular weight excluding hydrogens is 358 g/mol. The molecule has 0 radical (unpaired) electrons. The molecule has 1 aliphatic rings. The number of nitrogens with one attached hydrogen (secondary N) is 1. The summed E-state index contributed by atoms with van der Waals surface area (Å²) in [4.78, 5) is 23.9. The molecule has 0 saturated heterocycles. The quantitative estimate of drug-likeness (QED) is 0.681. The Balaban J connectivity index is 1.80. The third-order valence-corrected chi connectivity index (χ3v) is 4.89. The first-order valence-corrected chi connectivity index (χ1v) is 9.28. The van der Waals surface area contributed by atoms with Gasteiger partial charge >= 0.3 is 5.97 Å². The molecule has 7 heteroatoms. The summed E-state index contributed by atoms with van der Waals surface area (Å²) >= 11 is 6.03. The summed E-state index contributed by atoms with van der Waals surface area (Å²) in [5, 5.41) is 3.02. The molecule has 1 aromatic carbocycles. The fourth-order valence-corrected chi connectivity index (χ4v) is 3.39. The van der Waals surface area contributed by atoms with Gasteiger partial charge in [0, 0.05) is 18.6 Å². The van der Waals surface area contributed by atoms with Gasteiger partial charge in [-0.2, -0.15) is 0 Å². The lowest BCUT2D eigenvalue weighted by Crippen LogP contribution is -2.21. The molecule has 0 aliphatic heterocycles. The Morgan fingerprint density at radius 3 is 2.46 bits per heavy atom. The van der Waals surface area contributed by atoms with Crippen molar-refractivity contribution in [2.24, 2.45) is 5.92 Å². The van der Waals surface area contributed by atoms with E-state index < -0.39 is 5.91 Å². The van der Waals surface area contributed by atoms with Gasteiger partial charge in [0.15, 0.2) is 6.61 Å². The average Bonchev–Trinajstić information content (AvgIpc) is 2.66. The van der Waals surface area contributed by atoms with Crippen molar-refractivity contribution in [3.05, 3.63) is 17.2 Å². The third-order valence-electron chi connectivity index (χ3n) is 4.59. The van der Waals surface area contributed by atoms with Crippen LogP contribution in [0.3, 0.4) is 0 Å². The van der Waals surface area contributed by atoms with Crippen LogP contribution in [0.2, 0.25) is 5.02 Å². The van der Waals surface area contributed by atoms with Gasteiger partial charge in [0.1, 0.15) is 11.5 Å². The molecule has 2 rings (SSSR count). The van der Waals surface area contributed by atoms with Crippen molar-refractivity contribution in [1.29, 1.82) is 0 Å². The molecule has 6 nitrogen and oxygen atoms in total. The Labute approximate surface area is 159 Å². The second-order valence-electron chi connectivity index (χ2n) is 6.44. The highest BCUT2D eigenvalue weighted by Crippen LogP contribution is 2.35. The number of amides is 1. The Hall–Kier alpha value is -1.95. The van der Waals surface area contributed by atoms with Gasteiger partial charge in [0.05, 0.1) is 24.9 Å². The van der Waals surface area contributed by atoms with Gasteiger partial charge in [-0.25, -0.2) is 0 Å². The molecular formula is C19H26ClNO5. The number of ether oxygens (including phenoxy) is 3. The molecule has 1 amide bonds. The number of carbonyl (C=O) groups excluding carboxylic acids is 2. The van der Waals surface area contributed by atoms with E-state index in [0.717, 1.165) is 6.42 Å². The normalized spacial score (nSPS) is 14.6. The largest absolute Gasteiger partial charge is 0.495 e. The van der Waals surface area contributed by atoms with Crippen LogP contribution >= 0.6 is 11.6 Å². The van der Waals surface area contributed by atoms with Gasteiger partial charge in [-0.05, 0) is 12.3 Å². The summed E-state index contributed by atoms with van der Waals surface area (Å²) in [6.45, 7) is -0.336. The molecule has 26 heavy (non-hydrogen) atoms. The predicted molar refractivity (Wildman–Crippen MR) is 100.0 cm³/mol. The monoisotopic (exact) mass is 383 g/mol. The summed E-state index contributed by atoms with van der Waals surface area (Å²) in [6.07, 6.45) is 7.35. The van der Waals surface area contributed by atoms with Crippen LogP contribution in [-0.2, 0) is 14.3 Å². The van der Waals surface area contributed by atoms with E-state index in [0.29, 0.717) is 34.5 Å². The van der Waals surface area contributed by atoms with Crippen LogP contribution in [-0.4, -0.2) is 32.7 Å². The zero-order chi connectivity index (χ0) is 18.9. The smallest absolute Gasteiger partial charge is 0.306 e. The number of anilines is 1. The summed E-state index contributed by atoms with van der Waals surface area (Å²) in [5.74, 6) is 0.626. The number of halogens is 1. The SMILES string of the molecule is COc1cc(NC(=O)COC(=O)CCC2CCCCC2)c(OC)cc1Cl. The molecule has 0 spiro atoms. The van der Waals surface area contributed by atoms with Crippen LogP contribution in [0.15, 0.2) is 12.1 Å². The summed E-state index contributed by atoms with van der Waals surface area (Å²) in [7, 11) is 2.95. The average molecular weight is 384 g/mol. The maximum absolute atomic E-state index is 12.1. The molecule has 0 bridgehead atoms. The fourth-order valence-electron chi connectivity index (χ4n) is 3.16. The van der Waals surface area contributed by atoms with Crippen LogP contribution < -0.4 is 14.8 Å². The molecule has 1 fully saturated rings. The van der Waals surface area contributed by atoms with Crippen molar-refractivity contribution in [2.75, 3.05) is 26.1 Å². The Morgan fingerprint density at radius 1 is 1.12 bits per heavy atom. The molecule has 144 valence electrons. The van der Waals surface area contributed by atoms with Crippen molar-refractivity contribution >= 4 is 29.2 Å². The van der Waals surface area contributed by atoms with E-state index in [1.165, 1.54) is 46.3 Å². The number of methoxy groups -OCH3 is 2.